The van der Waals surface area contributed by atoms with E-state index in [1.807, 2.05) is 42.5 Å². The van der Waals surface area contributed by atoms with Gasteiger partial charge in [-0.3, -0.25) is 4.79 Å². The maximum Gasteiger partial charge on any atom is 0.258 e. The molecule has 2 atom stereocenters. The highest BCUT2D eigenvalue weighted by Crippen LogP contribution is 2.36. The Morgan fingerprint density at radius 3 is 2.51 bits per heavy atom. The third-order valence-electron chi connectivity index (χ3n) is 6.41. The number of halogens is 2. The highest BCUT2D eigenvalue weighted by molar-refractivity contribution is 5.86. The predicted molar refractivity (Wildman–Crippen MR) is 129 cm³/mol. The van der Waals surface area contributed by atoms with Crippen LogP contribution in [0.15, 0.2) is 96.4 Å². The summed E-state index contributed by atoms with van der Waals surface area (Å²) in [7, 11) is 0. The summed E-state index contributed by atoms with van der Waals surface area (Å²) in [5.74, 6) is -1.68. The van der Waals surface area contributed by atoms with E-state index in [-0.39, 0.29) is 17.7 Å². The minimum absolute atomic E-state index is 0.145. The van der Waals surface area contributed by atoms with Gasteiger partial charge in [-0.15, -0.1) is 0 Å². The van der Waals surface area contributed by atoms with Crippen LogP contribution in [0, 0.1) is 11.6 Å². The van der Waals surface area contributed by atoms with Gasteiger partial charge in [0, 0.05) is 23.2 Å². The van der Waals surface area contributed by atoms with Crippen LogP contribution in [0.3, 0.4) is 0 Å². The topological polar surface area (TPSA) is 72.9 Å². The predicted octanol–water partition coefficient (Wildman–Crippen LogP) is 4.69. The van der Waals surface area contributed by atoms with Crippen LogP contribution in [-0.2, 0) is 12.1 Å². The van der Waals surface area contributed by atoms with Crippen molar-refractivity contribution in [1.82, 2.24) is 19.3 Å². The van der Waals surface area contributed by atoms with Gasteiger partial charge in [-0.1, -0.05) is 42.5 Å². The van der Waals surface area contributed by atoms with Gasteiger partial charge in [0.25, 0.3) is 5.56 Å². The van der Waals surface area contributed by atoms with Gasteiger partial charge in [-0.25, -0.2) is 18.4 Å². The largest absolute Gasteiger partial charge is 0.381 e. The van der Waals surface area contributed by atoms with E-state index in [1.165, 1.54) is 28.0 Å². The van der Waals surface area contributed by atoms with E-state index < -0.39 is 23.3 Å². The molecule has 0 saturated heterocycles. The van der Waals surface area contributed by atoms with Crippen molar-refractivity contribution in [3.05, 3.63) is 119 Å². The zero-order valence-electron chi connectivity index (χ0n) is 18.8. The number of nitrogens with zero attached hydrogens (tertiary/aromatic N) is 4. The number of fused-ring (bicyclic) bond motifs is 1. The lowest BCUT2D eigenvalue weighted by atomic mass is 9.86. The summed E-state index contributed by atoms with van der Waals surface area (Å²) in [5, 5.41) is 17.1. The second-order valence-electron chi connectivity index (χ2n) is 8.51. The molecule has 0 radical (unpaired) electrons. The van der Waals surface area contributed by atoms with Gasteiger partial charge >= 0.3 is 0 Å². The molecule has 0 saturated carbocycles. The normalized spacial score (nSPS) is 14.1. The monoisotopic (exact) mass is 472 g/mol. The minimum Gasteiger partial charge on any atom is -0.381 e. The molecule has 0 bridgehead atoms. The van der Waals surface area contributed by atoms with E-state index in [9.17, 15) is 18.7 Å². The lowest BCUT2D eigenvalue weighted by Gasteiger charge is -2.36. The molecular weight excluding hydrogens is 450 g/mol. The van der Waals surface area contributed by atoms with Gasteiger partial charge in [0.2, 0.25) is 0 Å². The molecule has 3 aromatic carbocycles. The minimum atomic E-state index is -1.94. The van der Waals surface area contributed by atoms with E-state index in [1.54, 1.807) is 25.3 Å². The van der Waals surface area contributed by atoms with Crippen LogP contribution in [0.2, 0.25) is 0 Å². The molecule has 0 amide bonds. The fourth-order valence-corrected chi connectivity index (χ4v) is 4.45. The van der Waals surface area contributed by atoms with Crippen molar-refractivity contribution in [2.75, 3.05) is 0 Å². The fourth-order valence-electron chi connectivity index (χ4n) is 4.45. The summed E-state index contributed by atoms with van der Waals surface area (Å²) >= 11 is 0. The van der Waals surface area contributed by atoms with Crippen molar-refractivity contribution in [3.63, 3.8) is 0 Å². The first-order valence-corrected chi connectivity index (χ1v) is 11.1. The Balaban J connectivity index is 1.61. The average Bonchev–Trinajstić information content (AvgIpc) is 3.37. The molecule has 0 unspecified atom stereocenters. The molecule has 0 spiro atoms. The van der Waals surface area contributed by atoms with Crippen molar-refractivity contribution in [2.24, 2.45) is 0 Å². The molecule has 0 aliphatic heterocycles. The highest BCUT2D eigenvalue weighted by atomic mass is 19.1. The molecule has 6 nitrogen and oxygen atoms in total. The number of hydrogen-bond acceptors (Lipinski definition) is 4. The van der Waals surface area contributed by atoms with Gasteiger partial charge in [-0.2, -0.15) is 5.10 Å². The Morgan fingerprint density at radius 1 is 1.00 bits per heavy atom. The molecule has 1 N–H and O–H groups in total. The Labute approximate surface area is 199 Å². The summed E-state index contributed by atoms with van der Waals surface area (Å²) in [6.07, 6.45) is 4.25. The average molecular weight is 472 g/mol. The van der Waals surface area contributed by atoms with Gasteiger partial charge in [0.05, 0.1) is 12.6 Å². The van der Waals surface area contributed by atoms with Crippen LogP contribution in [0.1, 0.15) is 18.5 Å². The first-order chi connectivity index (χ1) is 16.9. The van der Waals surface area contributed by atoms with E-state index in [0.717, 1.165) is 22.6 Å². The molecule has 0 aliphatic carbocycles. The van der Waals surface area contributed by atoms with Crippen LogP contribution in [0.5, 0.6) is 0 Å². The third kappa shape index (κ3) is 4.13. The summed E-state index contributed by atoms with van der Waals surface area (Å²) in [6, 6.07) is 19.2. The maximum absolute atomic E-state index is 14.9. The van der Waals surface area contributed by atoms with Crippen LogP contribution < -0.4 is 5.56 Å². The Kier molecular flexibility index (Phi) is 5.74. The molecular formula is C27H22F2N4O2. The van der Waals surface area contributed by atoms with Crippen LogP contribution in [-0.4, -0.2) is 24.4 Å². The molecule has 0 fully saturated rings. The van der Waals surface area contributed by atoms with Crippen molar-refractivity contribution in [2.45, 2.75) is 25.1 Å². The second kappa shape index (κ2) is 8.88. The van der Waals surface area contributed by atoms with Crippen molar-refractivity contribution in [3.8, 4) is 11.1 Å². The van der Waals surface area contributed by atoms with Crippen LogP contribution >= 0.6 is 0 Å². The molecule has 2 heterocycles. The lowest BCUT2D eigenvalue weighted by molar-refractivity contribution is -0.0340. The zero-order valence-corrected chi connectivity index (χ0v) is 18.8. The number of aliphatic hydroxyl groups is 1. The van der Waals surface area contributed by atoms with Gasteiger partial charge in [0.1, 0.15) is 29.9 Å². The molecule has 5 rings (SSSR count). The standard InChI is InChI=1S/C27H22F2N4O2/c1-18(27(35,15-32-17-30-16-31-32)24-10-8-22(28)14-25(24)29)33-12-11-21-13-20(7-9-23(21)26(33)34)19-5-3-2-4-6-19/h2-14,16-18,35H,15H2,1H3/t18-,27-/m1/s1. The molecule has 5 aromatic rings. The summed E-state index contributed by atoms with van der Waals surface area (Å²) < 4.78 is 31.2. The van der Waals surface area contributed by atoms with Gasteiger partial charge in [0.15, 0.2) is 0 Å². The summed E-state index contributed by atoms with van der Waals surface area (Å²) in [5.41, 5.74) is -0.421. The van der Waals surface area contributed by atoms with Crippen molar-refractivity contribution < 1.29 is 13.9 Å². The number of rotatable bonds is 6. The Hall–Kier alpha value is -4.17. The summed E-state index contributed by atoms with van der Waals surface area (Å²) in [6.45, 7) is 1.42. The lowest BCUT2D eigenvalue weighted by Crippen LogP contribution is -2.43. The van der Waals surface area contributed by atoms with Crippen molar-refractivity contribution in [1.29, 1.82) is 0 Å². The number of benzene rings is 3. The molecule has 0 aliphatic rings. The number of pyridine rings is 1. The fraction of sp³-hybridized carbons (Fsp3) is 0.148. The third-order valence-corrected chi connectivity index (χ3v) is 6.41. The molecule has 35 heavy (non-hydrogen) atoms. The Bertz CT molecular complexity index is 1550. The Morgan fingerprint density at radius 2 is 1.80 bits per heavy atom. The van der Waals surface area contributed by atoms with E-state index in [2.05, 4.69) is 10.1 Å². The van der Waals surface area contributed by atoms with Crippen LogP contribution in [0.25, 0.3) is 21.9 Å². The number of aromatic nitrogens is 4. The number of hydrogen-bond donors (Lipinski definition) is 1. The second-order valence-corrected chi connectivity index (χ2v) is 8.51. The van der Waals surface area contributed by atoms with E-state index in [4.69, 9.17) is 0 Å². The maximum atomic E-state index is 14.9. The smallest absolute Gasteiger partial charge is 0.258 e. The molecule has 176 valence electrons. The SMILES string of the molecule is C[C@@H](n1ccc2cc(-c3ccccc3)ccc2c1=O)[C@](O)(Cn1cncn1)c1ccc(F)cc1F. The first-order valence-electron chi connectivity index (χ1n) is 11.1. The molecule has 2 aromatic heterocycles. The van der Waals surface area contributed by atoms with Crippen molar-refractivity contribution >= 4 is 10.8 Å². The van der Waals surface area contributed by atoms with E-state index in [0.29, 0.717) is 11.5 Å². The van der Waals surface area contributed by atoms with Crippen LogP contribution in [0.4, 0.5) is 8.78 Å². The quantitative estimate of drug-likeness (QED) is 0.389. The zero-order chi connectivity index (χ0) is 24.6. The van der Waals surface area contributed by atoms with E-state index >= 15 is 0 Å². The van der Waals surface area contributed by atoms with Gasteiger partial charge < -0.3 is 9.67 Å². The summed E-state index contributed by atoms with van der Waals surface area (Å²) in [4.78, 5) is 17.4. The van der Waals surface area contributed by atoms with Gasteiger partial charge in [-0.05, 0) is 47.7 Å². The highest BCUT2D eigenvalue weighted by Gasteiger charge is 2.40. The molecule has 8 heteroatoms. The first kappa shape index (κ1) is 22.6.